The normalized spacial score (nSPS) is 20.9. The van der Waals surface area contributed by atoms with Crippen molar-refractivity contribution < 1.29 is 4.79 Å². The lowest BCUT2D eigenvalue weighted by Gasteiger charge is -2.29. The van der Waals surface area contributed by atoms with Gasteiger partial charge in [0.25, 0.3) is 0 Å². The molecule has 0 radical (unpaired) electrons. The Labute approximate surface area is 135 Å². The lowest BCUT2D eigenvalue weighted by molar-refractivity contribution is -0.120. The van der Waals surface area contributed by atoms with Crippen LogP contribution in [0.3, 0.4) is 0 Å². The minimum atomic E-state index is -0.198. The smallest absolute Gasteiger partial charge is 0.243 e. The summed E-state index contributed by atoms with van der Waals surface area (Å²) in [6.07, 6.45) is 4.45. The molecule has 0 spiro atoms. The van der Waals surface area contributed by atoms with Crippen molar-refractivity contribution in [3.05, 3.63) is 42.0 Å². The van der Waals surface area contributed by atoms with Crippen LogP contribution >= 0.6 is 0 Å². The molecular formula is C17H21N5O. The second-order valence-corrected chi connectivity index (χ2v) is 6.35. The van der Waals surface area contributed by atoms with E-state index in [4.69, 9.17) is 0 Å². The van der Waals surface area contributed by atoms with E-state index in [1.807, 2.05) is 34.7 Å². The van der Waals surface area contributed by atoms with E-state index in [2.05, 4.69) is 21.5 Å². The van der Waals surface area contributed by atoms with Gasteiger partial charge in [-0.1, -0.05) is 18.2 Å². The Morgan fingerprint density at radius 3 is 3.13 bits per heavy atom. The first-order valence-corrected chi connectivity index (χ1v) is 8.24. The molecule has 2 aliphatic rings. The Morgan fingerprint density at radius 1 is 1.35 bits per heavy atom. The molecule has 2 atom stereocenters. The number of para-hydroxylation sites is 1. The van der Waals surface area contributed by atoms with Gasteiger partial charge in [-0.15, -0.1) is 0 Å². The fourth-order valence-electron chi connectivity index (χ4n) is 3.60. The van der Waals surface area contributed by atoms with E-state index in [1.54, 1.807) is 6.33 Å². The molecule has 0 bridgehead atoms. The molecule has 0 saturated carbocycles. The fourth-order valence-corrected chi connectivity index (χ4v) is 3.60. The number of carbonyl (C=O) groups is 1. The summed E-state index contributed by atoms with van der Waals surface area (Å²) >= 11 is 0. The molecule has 2 aromatic rings. The third kappa shape index (κ3) is 2.63. The number of hydrogen-bond donors (Lipinski definition) is 1. The molecule has 2 unspecified atom stereocenters. The predicted molar refractivity (Wildman–Crippen MR) is 87.2 cm³/mol. The lowest BCUT2D eigenvalue weighted by Crippen LogP contribution is -2.50. The van der Waals surface area contributed by atoms with Gasteiger partial charge in [0.1, 0.15) is 12.2 Å². The highest BCUT2D eigenvalue weighted by atomic mass is 16.2. The molecule has 2 aliphatic heterocycles. The molecule has 4 rings (SSSR count). The second-order valence-electron chi connectivity index (χ2n) is 6.35. The van der Waals surface area contributed by atoms with Gasteiger partial charge in [0.15, 0.2) is 0 Å². The summed E-state index contributed by atoms with van der Waals surface area (Å²) in [4.78, 5) is 19.0. The first-order valence-electron chi connectivity index (χ1n) is 8.24. The number of anilines is 1. The van der Waals surface area contributed by atoms with Gasteiger partial charge in [-0.3, -0.25) is 4.79 Å². The van der Waals surface area contributed by atoms with Crippen LogP contribution in [0.1, 0.15) is 24.7 Å². The fraction of sp³-hybridized carbons (Fsp3) is 0.471. The van der Waals surface area contributed by atoms with Crippen LogP contribution in [0.2, 0.25) is 0 Å². The minimum absolute atomic E-state index is 0.152. The number of hydrogen-bond acceptors (Lipinski definition) is 4. The Hall–Kier alpha value is -2.21. The zero-order valence-corrected chi connectivity index (χ0v) is 13.3. The zero-order chi connectivity index (χ0) is 15.8. The maximum Gasteiger partial charge on any atom is 0.243 e. The summed E-state index contributed by atoms with van der Waals surface area (Å²) in [5, 5.41) is 7.71. The number of aromatic nitrogens is 3. The molecular weight excluding hydrogens is 290 g/mol. The lowest BCUT2D eigenvalue weighted by atomic mass is 10.1. The van der Waals surface area contributed by atoms with Gasteiger partial charge in [0, 0.05) is 24.7 Å². The topological polar surface area (TPSA) is 63.1 Å². The molecule has 1 N–H and O–H groups in total. The van der Waals surface area contributed by atoms with Crippen LogP contribution < -0.4 is 10.2 Å². The Kier molecular flexibility index (Phi) is 3.61. The molecule has 6 heteroatoms. The van der Waals surface area contributed by atoms with E-state index < -0.39 is 0 Å². The number of aryl methyl sites for hydroxylation is 1. The predicted octanol–water partition coefficient (Wildman–Crippen LogP) is 1.16. The van der Waals surface area contributed by atoms with Crippen molar-refractivity contribution in [2.75, 3.05) is 11.4 Å². The third-order valence-electron chi connectivity index (χ3n) is 4.81. The summed E-state index contributed by atoms with van der Waals surface area (Å²) in [6.45, 7) is 3.52. The van der Waals surface area contributed by atoms with Crippen LogP contribution in [0.15, 0.2) is 30.6 Å². The van der Waals surface area contributed by atoms with E-state index in [0.29, 0.717) is 0 Å². The SMILES string of the molecule is CC(NC1CCc2ncnn2C1)C(=O)N1CCc2ccccc21. The monoisotopic (exact) mass is 311 g/mol. The Morgan fingerprint density at radius 2 is 2.22 bits per heavy atom. The number of fused-ring (bicyclic) bond motifs is 2. The molecule has 1 amide bonds. The van der Waals surface area contributed by atoms with Crippen molar-refractivity contribution in [3.63, 3.8) is 0 Å². The third-order valence-corrected chi connectivity index (χ3v) is 4.81. The average molecular weight is 311 g/mol. The maximum atomic E-state index is 12.8. The number of carbonyl (C=O) groups excluding carboxylic acids is 1. The molecule has 23 heavy (non-hydrogen) atoms. The van der Waals surface area contributed by atoms with Crippen LogP contribution in [-0.2, 0) is 24.2 Å². The molecule has 0 fully saturated rings. The Balaban J connectivity index is 1.42. The van der Waals surface area contributed by atoms with Gasteiger partial charge in [0.2, 0.25) is 5.91 Å². The molecule has 120 valence electrons. The summed E-state index contributed by atoms with van der Waals surface area (Å²) < 4.78 is 1.93. The van der Waals surface area contributed by atoms with Crippen molar-refractivity contribution in [1.82, 2.24) is 20.1 Å². The van der Waals surface area contributed by atoms with Crippen LogP contribution in [0.5, 0.6) is 0 Å². The minimum Gasteiger partial charge on any atom is -0.310 e. The highest BCUT2D eigenvalue weighted by Crippen LogP contribution is 2.28. The van der Waals surface area contributed by atoms with Crippen LogP contribution in [-0.4, -0.2) is 39.3 Å². The Bertz CT molecular complexity index is 725. The molecule has 1 aromatic carbocycles. The second kappa shape index (κ2) is 5.77. The van der Waals surface area contributed by atoms with Crippen molar-refractivity contribution >= 4 is 11.6 Å². The average Bonchev–Trinajstić information content (AvgIpc) is 3.20. The van der Waals surface area contributed by atoms with E-state index in [9.17, 15) is 4.79 Å². The van der Waals surface area contributed by atoms with Gasteiger partial charge in [-0.05, 0) is 31.4 Å². The molecule has 1 aromatic heterocycles. The molecule has 6 nitrogen and oxygen atoms in total. The van der Waals surface area contributed by atoms with E-state index in [1.165, 1.54) is 5.56 Å². The zero-order valence-electron chi connectivity index (χ0n) is 13.3. The van der Waals surface area contributed by atoms with Gasteiger partial charge >= 0.3 is 0 Å². The first kappa shape index (κ1) is 14.4. The molecule has 0 saturated heterocycles. The van der Waals surface area contributed by atoms with Crippen molar-refractivity contribution in [2.45, 2.75) is 44.8 Å². The summed E-state index contributed by atoms with van der Waals surface area (Å²) in [6, 6.07) is 8.24. The number of rotatable bonds is 3. The van der Waals surface area contributed by atoms with Gasteiger partial charge in [-0.25, -0.2) is 9.67 Å². The van der Waals surface area contributed by atoms with Gasteiger partial charge < -0.3 is 10.2 Å². The standard InChI is InChI=1S/C17H21N5O/c1-12(20-14-6-7-16-18-11-19-22(16)10-14)17(23)21-9-8-13-4-2-3-5-15(13)21/h2-5,11-12,14,20H,6-10H2,1H3. The van der Waals surface area contributed by atoms with E-state index in [-0.39, 0.29) is 18.0 Å². The van der Waals surface area contributed by atoms with E-state index in [0.717, 1.165) is 43.9 Å². The highest BCUT2D eigenvalue weighted by Gasteiger charge is 2.30. The summed E-state index contributed by atoms with van der Waals surface area (Å²) in [7, 11) is 0. The molecule has 3 heterocycles. The van der Waals surface area contributed by atoms with Crippen LogP contribution in [0.25, 0.3) is 0 Å². The largest absolute Gasteiger partial charge is 0.310 e. The molecule has 0 aliphatic carbocycles. The van der Waals surface area contributed by atoms with Gasteiger partial charge in [-0.2, -0.15) is 5.10 Å². The van der Waals surface area contributed by atoms with Crippen LogP contribution in [0, 0.1) is 0 Å². The number of nitrogens with zero attached hydrogens (tertiary/aromatic N) is 4. The van der Waals surface area contributed by atoms with Crippen molar-refractivity contribution in [2.24, 2.45) is 0 Å². The van der Waals surface area contributed by atoms with E-state index >= 15 is 0 Å². The number of benzene rings is 1. The number of nitrogens with one attached hydrogen (secondary N) is 1. The maximum absolute atomic E-state index is 12.8. The van der Waals surface area contributed by atoms with Crippen LogP contribution in [0.4, 0.5) is 5.69 Å². The quantitative estimate of drug-likeness (QED) is 0.924. The van der Waals surface area contributed by atoms with Crippen molar-refractivity contribution in [1.29, 1.82) is 0 Å². The summed E-state index contributed by atoms with van der Waals surface area (Å²) in [5.41, 5.74) is 2.33. The highest BCUT2D eigenvalue weighted by molar-refractivity contribution is 5.98. The number of amides is 1. The van der Waals surface area contributed by atoms with Crippen molar-refractivity contribution in [3.8, 4) is 0 Å². The van der Waals surface area contributed by atoms with Gasteiger partial charge in [0.05, 0.1) is 12.6 Å². The summed E-state index contributed by atoms with van der Waals surface area (Å²) in [5.74, 6) is 1.19. The first-order chi connectivity index (χ1) is 11.2.